The van der Waals surface area contributed by atoms with E-state index < -0.39 is 0 Å². The standard InChI is InChI=1S/C18H30N2O4/c1-6-10-20(11-7-2)18(21)19-9-8-14-12-16(23-4)17(24-5)13-15(14)22-3/h12-13H,6-11H2,1-5H3,(H,19,21). The van der Waals surface area contributed by atoms with Gasteiger partial charge in [-0.1, -0.05) is 13.8 Å². The summed E-state index contributed by atoms with van der Waals surface area (Å²) in [6.07, 6.45) is 2.56. The number of urea groups is 1. The van der Waals surface area contributed by atoms with Crippen molar-refractivity contribution in [1.29, 1.82) is 0 Å². The molecule has 24 heavy (non-hydrogen) atoms. The van der Waals surface area contributed by atoms with Crippen LogP contribution in [0.3, 0.4) is 0 Å². The molecule has 6 nitrogen and oxygen atoms in total. The van der Waals surface area contributed by atoms with Crippen LogP contribution in [0.4, 0.5) is 4.79 Å². The molecule has 0 bridgehead atoms. The van der Waals surface area contributed by atoms with E-state index in [4.69, 9.17) is 14.2 Å². The Balaban J connectivity index is 2.71. The molecule has 0 atom stereocenters. The topological polar surface area (TPSA) is 60.0 Å². The molecule has 1 rings (SSSR count). The third-order valence-corrected chi connectivity index (χ3v) is 3.73. The van der Waals surface area contributed by atoms with Gasteiger partial charge >= 0.3 is 6.03 Å². The molecule has 0 fully saturated rings. The molecule has 1 aromatic rings. The van der Waals surface area contributed by atoms with Crippen molar-refractivity contribution in [2.75, 3.05) is 41.0 Å². The maximum Gasteiger partial charge on any atom is 0.317 e. The fraction of sp³-hybridized carbons (Fsp3) is 0.611. The number of amides is 2. The second kappa shape index (κ2) is 10.6. The number of hydrogen-bond donors (Lipinski definition) is 1. The molecule has 0 unspecified atom stereocenters. The summed E-state index contributed by atoms with van der Waals surface area (Å²) in [5.41, 5.74) is 0.966. The van der Waals surface area contributed by atoms with Crippen molar-refractivity contribution in [3.8, 4) is 17.2 Å². The van der Waals surface area contributed by atoms with E-state index in [9.17, 15) is 4.79 Å². The second-order valence-electron chi connectivity index (χ2n) is 5.49. The van der Waals surface area contributed by atoms with Crippen LogP contribution in [0.2, 0.25) is 0 Å². The first-order chi connectivity index (χ1) is 11.6. The minimum absolute atomic E-state index is 0.0156. The van der Waals surface area contributed by atoms with Crippen LogP contribution in [-0.2, 0) is 6.42 Å². The van der Waals surface area contributed by atoms with E-state index >= 15 is 0 Å². The number of methoxy groups -OCH3 is 3. The first-order valence-corrected chi connectivity index (χ1v) is 8.42. The minimum atomic E-state index is -0.0156. The molecule has 0 saturated carbocycles. The Morgan fingerprint density at radius 3 is 2.00 bits per heavy atom. The van der Waals surface area contributed by atoms with Crippen molar-refractivity contribution in [2.24, 2.45) is 0 Å². The molecular formula is C18H30N2O4. The molecule has 136 valence electrons. The molecule has 0 aliphatic heterocycles. The SMILES string of the molecule is CCCN(CCC)C(=O)NCCc1cc(OC)c(OC)cc1OC. The average molecular weight is 338 g/mol. The van der Waals surface area contributed by atoms with E-state index in [2.05, 4.69) is 19.2 Å². The summed E-state index contributed by atoms with van der Waals surface area (Å²) in [5, 5.41) is 2.98. The van der Waals surface area contributed by atoms with Gasteiger partial charge in [0.15, 0.2) is 11.5 Å². The summed E-state index contributed by atoms with van der Waals surface area (Å²) in [6.45, 7) is 6.24. The van der Waals surface area contributed by atoms with Crippen LogP contribution in [-0.4, -0.2) is 51.9 Å². The Labute approximate surface area is 145 Å². The van der Waals surface area contributed by atoms with Gasteiger partial charge in [0, 0.05) is 25.7 Å². The van der Waals surface area contributed by atoms with E-state index in [1.165, 1.54) is 0 Å². The highest BCUT2D eigenvalue weighted by Crippen LogP contribution is 2.34. The number of ether oxygens (including phenoxy) is 3. The van der Waals surface area contributed by atoms with E-state index in [1.807, 2.05) is 11.0 Å². The second-order valence-corrected chi connectivity index (χ2v) is 5.49. The molecule has 0 aromatic heterocycles. The van der Waals surface area contributed by atoms with Crippen molar-refractivity contribution in [3.63, 3.8) is 0 Å². The van der Waals surface area contributed by atoms with E-state index in [-0.39, 0.29) is 6.03 Å². The molecule has 0 aliphatic carbocycles. The van der Waals surface area contributed by atoms with Crippen molar-refractivity contribution in [2.45, 2.75) is 33.1 Å². The highest BCUT2D eigenvalue weighted by molar-refractivity contribution is 5.74. The van der Waals surface area contributed by atoms with Crippen molar-refractivity contribution in [3.05, 3.63) is 17.7 Å². The predicted molar refractivity (Wildman–Crippen MR) is 95.4 cm³/mol. The number of rotatable bonds is 10. The molecule has 2 amide bonds. The Hall–Kier alpha value is -2.11. The van der Waals surface area contributed by atoms with E-state index in [1.54, 1.807) is 27.4 Å². The van der Waals surface area contributed by atoms with Crippen LogP contribution in [0, 0.1) is 0 Å². The first-order valence-electron chi connectivity index (χ1n) is 8.42. The number of carbonyl (C=O) groups is 1. The lowest BCUT2D eigenvalue weighted by Gasteiger charge is -2.22. The van der Waals surface area contributed by atoms with Crippen LogP contribution in [0.15, 0.2) is 12.1 Å². The smallest absolute Gasteiger partial charge is 0.317 e. The van der Waals surface area contributed by atoms with Crippen LogP contribution in [0.25, 0.3) is 0 Å². The van der Waals surface area contributed by atoms with Crippen LogP contribution in [0.5, 0.6) is 17.2 Å². The number of nitrogens with zero attached hydrogens (tertiary/aromatic N) is 1. The van der Waals surface area contributed by atoms with Gasteiger partial charge in [0.25, 0.3) is 0 Å². The largest absolute Gasteiger partial charge is 0.496 e. The van der Waals surface area contributed by atoms with Gasteiger partial charge in [-0.2, -0.15) is 0 Å². The fourth-order valence-electron chi connectivity index (χ4n) is 2.56. The van der Waals surface area contributed by atoms with E-state index in [0.29, 0.717) is 24.5 Å². The molecule has 0 saturated heterocycles. The Kier molecular flexibility index (Phi) is 8.83. The van der Waals surface area contributed by atoms with Gasteiger partial charge < -0.3 is 24.4 Å². The van der Waals surface area contributed by atoms with Gasteiger partial charge in [-0.15, -0.1) is 0 Å². The Morgan fingerprint density at radius 1 is 0.958 bits per heavy atom. The summed E-state index contributed by atoms with van der Waals surface area (Å²) in [5.74, 6) is 2.00. The van der Waals surface area contributed by atoms with Crippen molar-refractivity contribution < 1.29 is 19.0 Å². The predicted octanol–water partition coefficient (Wildman–Crippen LogP) is 3.09. The lowest BCUT2D eigenvalue weighted by molar-refractivity contribution is 0.198. The third-order valence-electron chi connectivity index (χ3n) is 3.73. The molecule has 6 heteroatoms. The van der Waals surface area contributed by atoms with Crippen molar-refractivity contribution >= 4 is 6.03 Å². The van der Waals surface area contributed by atoms with E-state index in [0.717, 1.165) is 37.2 Å². The molecular weight excluding hydrogens is 308 g/mol. The average Bonchev–Trinajstić information content (AvgIpc) is 2.60. The monoisotopic (exact) mass is 338 g/mol. The highest BCUT2D eigenvalue weighted by atomic mass is 16.5. The zero-order chi connectivity index (χ0) is 17.9. The van der Waals surface area contributed by atoms with Crippen LogP contribution >= 0.6 is 0 Å². The summed E-state index contributed by atoms with van der Waals surface area (Å²) in [6, 6.07) is 3.68. The Bertz CT molecular complexity index is 514. The number of hydrogen-bond acceptors (Lipinski definition) is 4. The first kappa shape index (κ1) is 19.9. The molecule has 1 N–H and O–H groups in total. The number of nitrogens with one attached hydrogen (secondary N) is 1. The minimum Gasteiger partial charge on any atom is -0.496 e. The number of carbonyl (C=O) groups excluding carboxylic acids is 1. The van der Waals surface area contributed by atoms with Gasteiger partial charge in [-0.05, 0) is 30.9 Å². The highest BCUT2D eigenvalue weighted by Gasteiger charge is 2.14. The summed E-state index contributed by atoms with van der Waals surface area (Å²) in [4.78, 5) is 14.1. The van der Waals surface area contributed by atoms with Gasteiger partial charge in [0.1, 0.15) is 5.75 Å². The van der Waals surface area contributed by atoms with Crippen LogP contribution < -0.4 is 19.5 Å². The molecule has 0 heterocycles. The van der Waals surface area contributed by atoms with Gasteiger partial charge in [-0.25, -0.2) is 4.79 Å². The molecule has 1 aromatic carbocycles. The quantitative estimate of drug-likeness (QED) is 0.712. The lowest BCUT2D eigenvalue weighted by Crippen LogP contribution is -2.41. The molecule has 0 aliphatic rings. The molecule has 0 spiro atoms. The third kappa shape index (κ3) is 5.51. The fourth-order valence-corrected chi connectivity index (χ4v) is 2.56. The summed E-state index contributed by atoms with van der Waals surface area (Å²) in [7, 11) is 4.81. The maximum absolute atomic E-state index is 12.2. The zero-order valence-corrected chi connectivity index (χ0v) is 15.5. The van der Waals surface area contributed by atoms with Crippen LogP contribution in [0.1, 0.15) is 32.3 Å². The summed E-state index contributed by atoms with van der Waals surface area (Å²) < 4.78 is 16.0. The van der Waals surface area contributed by atoms with Crippen molar-refractivity contribution in [1.82, 2.24) is 10.2 Å². The summed E-state index contributed by atoms with van der Waals surface area (Å²) >= 11 is 0. The lowest BCUT2D eigenvalue weighted by atomic mass is 10.1. The number of benzene rings is 1. The Morgan fingerprint density at radius 2 is 1.50 bits per heavy atom. The molecule has 0 radical (unpaired) electrons. The van der Waals surface area contributed by atoms with Gasteiger partial charge in [-0.3, -0.25) is 0 Å². The van der Waals surface area contributed by atoms with Gasteiger partial charge in [0.05, 0.1) is 21.3 Å². The zero-order valence-electron chi connectivity index (χ0n) is 15.5. The normalized spacial score (nSPS) is 10.2. The van der Waals surface area contributed by atoms with Gasteiger partial charge in [0.2, 0.25) is 0 Å². The maximum atomic E-state index is 12.2.